The van der Waals surface area contributed by atoms with Gasteiger partial charge in [0.25, 0.3) is 0 Å². The molecule has 1 aliphatic rings. The smallest absolute Gasteiger partial charge is 0.0555 e. The summed E-state index contributed by atoms with van der Waals surface area (Å²) in [7, 11) is 4.14. The number of hydrogen-bond acceptors (Lipinski definition) is 2. The molecule has 0 saturated heterocycles. The highest BCUT2D eigenvalue weighted by molar-refractivity contribution is 5.85. The molecule has 0 bridgehead atoms. The predicted molar refractivity (Wildman–Crippen MR) is 44.6 cm³/mol. The molecular formula is C7H16ClNO. The molecule has 0 aromatic rings. The second-order valence-corrected chi connectivity index (χ2v) is 3.08. The summed E-state index contributed by atoms with van der Waals surface area (Å²) in [5.41, 5.74) is 0. The maximum absolute atomic E-state index is 9.12. The van der Waals surface area contributed by atoms with Crippen molar-refractivity contribution in [2.24, 2.45) is 0 Å². The molecule has 3 heteroatoms. The van der Waals surface area contributed by atoms with Crippen LogP contribution in [-0.4, -0.2) is 36.2 Å². The van der Waals surface area contributed by atoms with Crippen LogP contribution in [0.3, 0.4) is 0 Å². The van der Waals surface area contributed by atoms with E-state index < -0.39 is 0 Å². The topological polar surface area (TPSA) is 23.5 Å². The van der Waals surface area contributed by atoms with Crippen molar-refractivity contribution in [2.45, 2.75) is 31.4 Å². The molecular weight excluding hydrogens is 150 g/mol. The highest BCUT2D eigenvalue weighted by Crippen LogP contribution is 2.21. The Kier molecular flexibility index (Phi) is 4.25. The van der Waals surface area contributed by atoms with Gasteiger partial charge in [0, 0.05) is 6.04 Å². The van der Waals surface area contributed by atoms with Crippen LogP contribution in [0.5, 0.6) is 0 Å². The summed E-state index contributed by atoms with van der Waals surface area (Å²) in [5.74, 6) is 0. The van der Waals surface area contributed by atoms with Crippen LogP contribution in [0.4, 0.5) is 0 Å². The van der Waals surface area contributed by atoms with E-state index >= 15 is 0 Å². The van der Waals surface area contributed by atoms with Crippen LogP contribution < -0.4 is 0 Å². The van der Waals surface area contributed by atoms with Gasteiger partial charge in [-0.3, -0.25) is 0 Å². The van der Waals surface area contributed by atoms with Crippen LogP contribution in [0.15, 0.2) is 0 Å². The van der Waals surface area contributed by atoms with Crippen molar-refractivity contribution in [1.82, 2.24) is 4.90 Å². The fourth-order valence-corrected chi connectivity index (χ4v) is 1.40. The average Bonchev–Trinajstić information content (AvgIpc) is 2.14. The summed E-state index contributed by atoms with van der Waals surface area (Å²) in [6.45, 7) is 0. The van der Waals surface area contributed by atoms with E-state index in [4.69, 9.17) is 5.11 Å². The van der Waals surface area contributed by atoms with Gasteiger partial charge in [-0.25, -0.2) is 0 Å². The molecule has 0 aromatic carbocycles. The van der Waals surface area contributed by atoms with Crippen molar-refractivity contribution in [3.05, 3.63) is 0 Å². The van der Waals surface area contributed by atoms with E-state index in [-0.39, 0.29) is 18.5 Å². The second-order valence-electron chi connectivity index (χ2n) is 3.08. The van der Waals surface area contributed by atoms with Crippen LogP contribution in [0.1, 0.15) is 19.3 Å². The molecule has 2 atom stereocenters. The predicted octanol–water partition coefficient (Wildman–Crippen LogP) is 0.883. The number of aliphatic hydroxyl groups excluding tert-OH is 1. The van der Waals surface area contributed by atoms with Crippen molar-refractivity contribution in [2.75, 3.05) is 14.1 Å². The number of rotatable bonds is 1. The number of aliphatic hydroxyl groups is 1. The van der Waals surface area contributed by atoms with Crippen molar-refractivity contribution < 1.29 is 5.11 Å². The molecule has 10 heavy (non-hydrogen) atoms. The van der Waals surface area contributed by atoms with E-state index in [1.54, 1.807) is 0 Å². The number of nitrogens with zero attached hydrogens (tertiary/aromatic N) is 1. The minimum Gasteiger partial charge on any atom is -0.393 e. The lowest BCUT2D eigenvalue weighted by molar-refractivity contribution is 0.169. The first-order chi connectivity index (χ1) is 4.20. The van der Waals surface area contributed by atoms with Gasteiger partial charge in [0.15, 0.2) is 0 Å². The van der Waals surface area contributed by atoms with Gasteiger partial charge in [-0.15, -0.1) is 12.4 Å². The summed E-state index contributed by atoms with van der Waals surface area (Å²) in [6.07, 6.45) is 3.08. The van der Waals surface area contributed by atoms with Gasteiger partial charge in [0.1, 0.15) is 0 Å². The molecule has 2 nitrogen and oxygen atoms in total. The van der Waals surface area contributed by atoms with Crippen LogP contribution in [0, 0.1) is 0 Å². The molecule has 0 aromatic heterocycles. The Morgan fingerprint density at radius 1 is 1.30 bits per heavy atom. The Morgan fingerprint density at radius 2 is 1.90 bits per heavy atom. The zero-order valence-corrected chi connectivity index (χ0v) is 7.40. The van der Waals surface area contributed by atoms with Crippen molar-refractivity contribution in [3.8, 4) is 0 Å². The SMILES string of the molecule is CN(C)[C@@H]1CC[C@H](O)C1.Cl. The summed E-state index contributed by atoms with van der Waals surface area (Å²) >= 11 is 0. The van der Waals surface area contributed by atoms with Gasteiger partial charge < -0.3 is 10.0 Å². The molecule has 0 spiro atoms. The summed E-state index contributed by atoms with van der Waals surface area (Å²) < 4.78 is 0. The molecule has 1 aliphatic carbocycles. The standard InChI is InChI=1S/C7H15NO.ClH/c1-8(2)6-3-4-7(9)5-6;/h6-7,9H,3-5H2,1-2H3;1H/t6-,7+;/m1./s1. The third-order valence-corrected chi connectivity index (χ3v) is 2.11. The van der Waals surface area contributed by atoms with E-state index in [1.807, 2.05) is 0 Å². The summed E-state index contributed by atoms with van der Waals surface area (Å²) in [6, 6.07) is 0.625. The molecule has 1 rings (SSSR count). The molecule has 1 fully saturated rings. The van der Waals surface area contributed by atoms with Crippen LogP contribution in [-0.2, 0) is 0 Å². The van der Waals surface area contributed by atoms with Gasteiger partial charge in [0.05, 0.1) is 6.10 Å². The Balaban J connectivity index is 0.000000810. The molecule has 0 unspecified atom stereocenters. The maximum Gasteiger partial charge on any atom is 0.0555 e. The lowest BCUT2D eigenvalue weighted by Gasteiger charge is -2.17. The first-order valence-corrected chi connectivity index (χ1v) is 3.54. The van der Waals surface area contributed by atoms with Gasteiger partial charge in [-0.1, -0.05) is 0 Å². The first-order valence-electron chi connectivity index (χ1n) is 3.54. The highest BCUT2D eigenvalue weighted by Gasteiger charge is 2.23. The van der Waals surface area contributed by atoms with Gasteiger partial charge in [-0.2, -0.15) is 0 Å². The zero-order chi connectivity index (χ0) is 6.85. The third-order valence-electron chi connectivity index (χ3n) is 2.11. The van der Waals surface area contributed by atoms with Crippen molar-refractivity contribution in [3.63, 3.8) is 0 Å². The lowest BCUT2D eigenvalue weighted by Crippen LogP contribution is -2.25. The van der Waals surface area contributed by atoms with Gasteiger partial charge in [-0.05, 0) is 33.4 Å². The zero-order valence-electron chi connectivity index (χ0n) is 6.58. The minimum atomic E-state index is -0.0302. The van der Waals surface area contributed by atoms with E-state index in [2.05, 4.69) is 19.0 Å². The molecule has 0 heterocycles. The van der Waals surface area contributed by atoms with Crippen LogP contribution in [0.25, 0.3) is 0 Å². The molecule has 0 radical (unpaired) electrons. The Hall–Kier alpha value is 0.210. The van der Waals surface area contributed by atoms with E-state index in [1.165, 1.54) is 0 Å². The molecule has 1 N–H and O–H groups in total. The van der Waals surface area contributed by atoms with E-state index in [0.29, 0.717) is 6.04 Å². The largest absolute Gasteiger partial charge is 0.393 e. The normalized spacial score (nSPS) is 32.4. The third kappa shape index (κ3) is 2.45. The monoisotopic (exact) mass is 165 g/mol. The summed E-state index contributed by atoms with van der Waals surface area (Å²) in [5, 5.41) is 9.12. The highest BCUT2D eigenvalue weighted by atomic mass is 35.5. The number of hydrogen-bond donors (Lipinski definition) is 1. The molecule has 1 saturated carbocycles. The summed E-state index contributed by atoms with van der Waals surface area (Å²) in [4.78, 5) is 2.19. The van der Waals surface area contributed by atoms with Crippen molar-refractivity contribution >= 4 is 12.4 Å². The average molecular weight is 166 g/mol. The Labute approximate surface area is 68.6 Å². The Morgan fingerprint density at radius 3 is 2.10 bits per heavy atom. The molecule has 0 aliphatic heterocycles. The first kappa shape index (κ1) is 10.2. The second kappa shape index (κ2) is 4.16. The molecule has 0 amide bonds. The quantitative estimate of drug-likeness (QED) is 0.624. The Bertz CT molecular complexity index is 97.6. The molecule has 62 valence electrons. The lowest BCUT2D eigenvalue weighted by atomic mass is 10.2. The minimum absolute atomic E-state index is 0. The van der Waals surface area contributed by atoms with E-state index in [9.17, 15) is 0 Å². The van der Waals surface area contributed by atoms with Crippen LogP contribution >= 0.6 is 12.4 Å². The number of halogens is 1. The van der Waals surface area contributed by atoms with Crippen LogP contribution in [0.2, 0.25) is 0 Å². The fourth-order valence-electron chi connectivity index (χ4n) is 1.40. The fraction of sp³-hybridized carbons (Fsp3) is 1.00. The van der Waals surface area contributed by atoms with Crippen molar-refractivity contribution in [1.29, 1.82) is 0 Å². The van der Waals surface area contributed by atoms with Gasteiger partial charge in [0.2, 0.25) is 0 Å². The van der Waals surface area contributed by atoms with E-state index in [0.717, 1.165) is 19.3 Å². The van der Waals surface area contributed by atoms with Gasteiger partial charge >= 0.3 is 0 Å². The maximum atomic E-state index is 9.12.